The number of amides is 2. The van der Waals surface area contributed by atoms with Gasteiger partial charge in [-0.3, -0.25) is 19.7 Å². The Morgan fingerprint density at radius 2 is 1.77 bits per heavy atom. The standard InChI is InChI=1S/C21H17N3O6/c1-29-17-10-4-14(5-11-17)13-18(23-21(26)19-3-2-12-30-19)20(25)22-15-6-8-16(9-7-15)24(27)28/h2-13H,1H3,(H,22,25)(H,23,26)/b18-13+. The van der Waals surface area contributed by atoms with Crippen molar-refractivity contribution in [2.24, 2.45) is 0 Å². The molecule has 0 radical (unpaired) electrons. The number of carbonyl (C=O) groups excluding carboxylic acids is 2. The number of carbonyl (C=O) groups is 2. The van der Waals surface area contributed by atoms with Gasteiger partial charge in [0.1, 0.15) is 11.4 Å². The number of rotatable bonds is 7. The molecule has 1 heterocycles. The van der Waals surface area contributed by atoms with Gasteiger partial charge in [0.25, 0.3) is 17.5 Å². The first kappa shape index (κ1) is 20.3. The summed E-state index contributed by atoms with van der Waals surface area (Å²) in [6.45, 7) is 0. The van der Waals surface area contributed by atoms with Crippen molar-refractivity contribution < 1.29 is 23.7 Å². The Bertz CT molecular complexity index is 1070. The van der Waals surface area contributed by atoms with E-state index in [1.54, 1.807) is 30.3 Å². The van der Waals surface area contributed by atoms with Gasteiger partial charge in [-0.25, -0.2) is 0 Å². The van der Waals surface area contributed by atoms with E-state index in [-0.39, 0.29) is 17.1 Å². The molecule has 2 aromatic carbocycles. The van der Waals surface area contributed by atoms with Gasteiger partial charge in [0.2, 0.25) is 0 Å². The summed E-state index contributed by atoms with van der Waals surface area (Å²) in [6.07, 6.45) is 2.83. The summed E-state index contributed by atoms with van der Waals surface area (Å²) in [6, 6.07) is 15.2. The second-order valence-corrected chi connectivity index (χ2v) is 6.02. The second kappa shape index (κ2) is 9.20. The van der Waals surface area contributed by atoms with Crippen LogP contribution in [0.4, 0.5) is 11.4 Å². The number of nitro groups is 1. The summed E-state index contributed by atoms with van der Waals surface area (Å²) in [5, 5.41) is 15.9. The van der Waals surface area contributed by atoms with Crippen molar-refractivity contribution in [1.29, 1.82) is 0 Å². The van der Waals surface area contributed by atoms with Crippen molar-refractivity contribution in [3.05, 3.63) is 94.1 Å². The van der Waals surface area contributed by atoms with Crippen molar-refractivity contribution in [1.82, 2.24) is 5.32 Å². The van der Waals surface area contributed by atoms with Crippen molar-refractivity contribution >= 4 is 29.3 Å². The van der Waals surface area contributed by atoms with Gasteiger partial charge in [-0.2, -0.15) is 0 Å². The summed E-state index contributed by atoms with van der Waals surface area (Å²) < 4.78 is 10.2. The second-order valence-electron chi connectivity index (χ2n) is 6.02. The maximum absolute atomic E-state index is 12.8. The largest absolute Gasteiger partial charge is 0.497 e. The van der Waals surface area contributed by atoms with E-state index in [1.165, 1.54) is 49.8 Å². The minimum atomic E-state index is -0.612. The van der Waals surface area contributed by atoms with Crippen molar-refractivity contribution in [2.45, 2.75) is 0 Å². The monoisotopic (exact) mass is 407 g/mol. The Labute approximate surface area is 171 Å². The number of anilines is 1. The molecule has 0 aliphatic carbocycles. The van der Waals surface area contributed by atoms with Crippen LogP contribution in [0.2, 0.25) is 0 Å². The Kier molecular flexibility index (Phi) is 6.23. The number of hydrogen-bond acceptors (Lipinski definition) is 6. The molecular weight excluding hydrogens is 390 g/mol. The third-order valence-corrected chi connectivity index (χ3v) is 4.00. The number of non-ortho nitro benzene ring substituents is 1. The zero-order valence-electron chi connectivity index (χ0n) is 15.8. The minimum Gasteiger partial charge on any atom is -0.497 e. The van der Waals surface area contributed by atoms with Crippen LogP contribution < -0.4 is 15.4 Å². The van der Waals surface area contributed by atoms with E-state index in [9.17, 15) is 19.7 Å². The summed E-state index contributed by atoms with van der Waals surface area (Å²) in [7, 11) is 1.54. The Morgan fingerprint density at radius 1 is 1.07 bits per heavy atom. The van der Waals surface area contributed by atoms with E-state index >= 15 is 0 Å². The van der Waals surface area contributed by atoms with Crippen LogP contribution in [0.5, 0.6) is 5.75 Å². The first-order chi connectivity index (χ1) is 14.5. The number of benzene rings is 2. The SMILES string of the molecule is COc1ccc(/C=C(/NC(=O)c2ccco2)C(=O)Nc2ccc([N+](=O)[O-])cc2)cc1. The Morgan fingerprint density at radius 3 is 2.33 bits per heavy atom. The van der Waals surface area contributed by atoms with E-state index < -0.39 is 16.7 Å². The molecule has 3 rings (SSSR count). The average molecular weight is 407 g/mol. The highest BCUT2D eigenvalue weighted by Crippen LogP contribution is 2.17. The fraction of sp³-hybridized carbons (Fsp3) is 0.0476. The van der Waals surface area contributed by atoms with Gasteiger partial charge in [0.05, 0.1) is 18.3 Å². The third-order valence-electron chi connectivity index (χ3n) is 4.00. The lowest BCUT2D eigenvalue weighted by molar-refractivity contribution is -0.384. The maximum Gasteiger partial charge on any atom is 0.291 e. The molecular formula is C21H17N3O6. The number of methoxy groups -OCH3 is 1. The van der Waals surface area contributed by atoms with E-state index in [2.05, 4.69) is 10.6 Å². The highest BCUT2D eigenvalue weighted by atomic mass is 16.6. The van der Waals surface area contributed by atoms with Crippen LogP contribution in [-0.4, -0.2) is 23.8 Å². The molecule has 2 amide bonds. The highest BCUT2D eigenvalue weighted by Gasteiger charge is 2.17. The van der Waals surface area contributed by atoms with Crippen molar-refractivity contribution in [2.75, 3.05) is 12.4 Å². The number of hydrogen-bond donors (Lipinski definition) is 2. The Hall–Kier alpha value is -4.40. The summed E-state index contributed by atoms with van der Waals surface area (Å²) in [4.78, 5) is 35.4. The van der Waals surface area contributed by atoms with Crippen LogP contribution in [-0.2, 0) is 4.79 Å². The molecule has 0 aliphatic heterocycles. The quantitative estimate of drug-likeness (QED) is 0.350. The lowest BCUT2D eigenvalue weighted by Gasteiger charge is -2.10. The molecule has 0 bridgehead atoms. The van der Waals surface area contributed by atoms with E-state index in [1.807, 2.05) is 0 Å². The molecule has 0 aliphatic rings. The molecule has 152 valence electrons. The molecule has 1 aromatic heterocycles. The van der Waals surface area contributed by atoms with Gasteiger partial charge in [0.15, 0.2) is 5.76 Å². The maximum atomic E-state index is 12.8. The molecule has 0 atom stereocenters. The van der Waals surface area contributed by atoms with E-state index in [0.717, 1.165) is 0 Å². The highest BCUT2D eigenvalue weighted by molar-refractivity contribution is 6.10. The van der Waals surface area contributed by atoms with Gasteiger partial charge >= 0.3 is 0 Å². The topological polar surface area (TPSA) is 124 Å². The fourth-order valence-electron chi connectivity index (χ4n) is 2.48. The number of nitrogens with zero attached hydrogens (tertiary/aromatic N) is 1. The third kappa shape index (κ3) is 5.10. The number of nitrogens with one attached hydrogen (secondary N) is 2. The number of nitro benzene ring substituents is 1. The summed E-state index contributed by atoms with van der Waals surface area (Å²) in [5.74, 6) is -0.527. The molecule has 0 unspecified atom stereocenters. The van der Waals surface area contributed by atoms with Crippen LogP contribution >= 0.6 is 0 Å². The summed E-state index contributed by atoms with van der Waals surface area (Å²) >= 11 is 0. The molecule has 3 aromatic rings. The Balaban J connectivity index is 1.84. The van der Waals surface area contributed by atoms with Gasteiger partial charge < -0.3 is 19.8 Å². The van der Waals surface area contributed by atoms with E-state index in [4.69, 9.17) is 9.15 Å². The summed E-state index contributed by atoms with van der Waals surface area (Å²) in [5.41, 5.74) is 0.830. The zero-order chi connectivity index (χ0) is 21.5. The van der Waals surface area contributed by atoms with Crippen LogP contribution in [0, 0.1) is 10.1 Å². The molecule has 0 saturated heterocycles. The predicted molar refractivity (Wildman–Crippen MR) is 109 cm³/mol. The van der Waals surface area contributed by atoms with Crippen molar-refractivity contribution in [3.8, 4) is 5.75 Å². The average Bonchev–Trinajstić information content (AvgIpc) is 3.29. The number of ether oxygens (including phenoxy) is 1. The normalized spacial score (nSPS) is 10.9. The molecule has 0 saturated carbocycles. The molecule has 9 heteroatoms. The smallest absolute Gasteiger partial charge is 0.291 e. The molecule has 30 heavy (non-hydrogen) atoms. The van der Waals surface area contributed by atoms with E-state index in [0.29, 0.717) is 17.0 Å². The lowest BCUT2D eigenvalue weighted by Crippen LogP contribution is -2.30. The van der Waals surface area contributed by atoms with Crippen LogP contribution in [0.25, 0.3) is 6.08 Å². The molecule has 9 nitrogen and oxygen atoms in total. The van der Waals surface area contributed by atoms with Gasteiger partial charge in [0, 0.05) is 17.8 Å². The fourth-order valence-corrected chi connectivity index (χ4v) is 2.48. The van der Waals surface area contributed by atoms with Gasteiger partial charge in [-0.05, 0) is 48.0 Å². The van der Waals surface area contributed by atoms with Gasteiger partial charge in [-0.1, -0.05) is 12.1 Å². The first-order valence-corrected chi connectivity index (χ1v) is 8.72. The first-order valence-electron chi connectivity index (χ1n) is 8.72. The lowest BCUT2D eigenvalue weighted by atomic mass is 10.1. The van der Waals surface area contributed by atoms with Crippen molar-refractivity contribution in [3.63, 3.8) is 0 Å². The molecule has 2 N–H and O–H groups in total. The molecule has 0 fully saturated rings. The minimum absolute atomic E-state index is 0.0405. The number of furan rings is 1. The van der Waals surface area contributed by atoms with Gasteiger partial charge in [-0.15, -0.1) is 0 Å². The molecule has 0 spiro atoms. The van der Waals surface area contributed by atoms with Crippen LogP contribution in [0.1, 0.15) is 16.1 Å². The van der Waals surface area contributed by atoms with Crippen LogP contribution in [0.3, 0.4) is 0 Å². The van der Waals surface area contributed by atoms with Crippen LogP contribution in [0.15, 0.2) is 77.0 Å². The predicted octanol–water partition coefficient (Wildman–Crippen LogP) is 3.61. The zero-order valence-corrected chi connectivity index (χ0v) is 15.8.